The molecular weight excluding hydrogens is 300 g/mol. The maximum Gasteiger partial charge on any atom is 0.119 e. The van der Waals surface area contributed by atoms with Crippen molar-refractivity contribution < 1.29 is 9.47 Å². The first kappa shape index (κ1) is 17.7. The molecule has 2 aromatic carbocycles. The van der Waals surface area contributed by atoms with Gasteiger partial charge < -0.3 is 9.47 Å². The summed E-state index contributed by atoms with van der Waals surface area (Å²) in [5, 5.41) is 8.68. The van der Waals surface area contributed by atoms with Gasteiger partial charge in [0.15, 0.2) is 0 Å². The lowest BCUT2D eigenvalue weighted by molar-refractivity contribution is 0.340. The Balaban J connectivity index is 2.09. The topological polar surface area (TPSA) is 43.2 Å². The van der Waals surface area contributed by atoms with Gasteiger partial charge in [0.1, 0.15) is 11.5 Å². The van der Waals surface area contributed by atoms with Crippen LogP contribution < -0.4 is 9.47 Å². The van der Waals surface area contributed by atoms with Gasteiger partial charge >= 0.3 is 0 Å². The van der Waals surface area contributed by atoms with E-state index in [1.807, 2.05) is 76.2 Å². The minimum Gasteiger partial charge on any atom is -0.494 e. The van der Waals surface area contributed by atoms with Crippen molar-refractivity contribution in [2.24, 2.45) is 10.2 Å². The third kappa shape index (κ3) is 4.95. The van der Waals surface area contributed by atoms with Crippen molar-refractivity contribution in [1.82, 2.24) is 0 Å². The molecule has 0 unspecified atom stereocenters. The van der Waals surface area contributed by atoms with Gasteiger partial charge in [-0.3, -0.25) is 0 Å². The second-order valence-corrected chi connectivity index (χ2v) is 5.29. The van der Waals surface area contributed by atoms with Crippen molar-refractivity contribution in [1.29, 1.82) is 0 Å². The molecule has 0 radical (unpaired) electrons. The largest absolute Gasteiger partial charge is 0.494 e. The van der Waals surface area contributed by atoms with Crippen molar-refractivity contribution >= 4 is 11.4 Å². The zero-order valence-electron chi connectivity index (χ0n) is 14.7. The minimum atomic E-state index is 0.665. The lowest BCUT2D eigenvalue weighted by Crippen LogP contribution is -1.98. The standard InChI is InChI=1S/C20H24N2O2/c1-5-23-19-11-7-17(8-12-19)15(3)21-22-16(4)18-9-13-20(14-10-18)24-6-2/h7-14H,5-6H2,1-4H3/b21-15-,22-16-. The first-order valence-corrected chi connectivity index (χ1v) is 8.19. The molecule has 24 heavy (non-hydrogen) atoms. The van der Waals surface area contributed by atoms with E-state index in [4.69, 9.17) is 9.47 Å². The van der Waals surface area contributed by atoms with E-state index in [-0.39, 0.29) is 0 Å². The van der Waals surface area contributed by atoms with Gasteiger partial charge in [-0.1, -0.05) is 0 Å². The second kappa shape index (κ2) is 8.87. The van der Waals surface area contributed by atoms with Crippen LogP contribution in [0.2, 0.25) is 0 Å². The van der Waals surface area contributed by atoms with E-state index in [2.05, 4.69) is 10.2 Å². The van der Waals surface area contributed by atoms with Crippen molar-refractivity contribution in [3.8, 4) is 11.5 Å². The summed E-state index contributed by atoms with van der Waals surface area (Å²) in [5.74, 6) is 1.73. The molecule has 4 heteroatoms. The third-order valence-electron chi connectivity index (χ3n) is 3.52. The molecule has 0 bridgehead atoms. The average molecular weight is 324 g/mol. The fraction of sp³-hybridized carbons (Fsp3) is 0.300. The Morgan fingerprint density at radius 3 is 1.29 bits per heavy atom. The van der Waals surface area contributed by atoms with Crippen LogP contribution in [0.4, 0.5) is 0 Å². The summed E-state index contributed by atoms with van der Waals surface area (Å²) in [5.41, 5.74) is 3.79. The molecule has 0 fully saturated rings. The molecule has 0 saturated heterocycles. The number of hydrogen-bond donors (Lipinski definition) is 0. The van der Waals surface area contributed by atoms with E-state index in [1.165, 1.54) is 0 Å². The molecular formula is C20H24N2O2. The summed E-state index contributed by atoms with van der Waals surface area (Å²) in [7, 11) is 0. The molecule has 0 N–H and O–H groups in total. The van der Waals surface area contributed by atoms with Gasteiger partial charge in [0.05, 0.1) is 24.6 Å². The lowest BCUT2D eigenvalue weighted by atomic mass is 10.1. The van der Waals surface area contributed by atoms with Crippen LogP contribution in [0.15, 0.2) is 58.7 Å². The van der Waals surface area contributed by atoms with E-state index in [0.717, 1.165) is 34.0 Å². The SMILES string of the molecule is CCOc1ccc(/C(C)=N\N=C(\C)c2ccc(OCC)cc2)cc1. The summed E-state index contributed by atoms with van der Waals surface area (Å²) >= 11 is 0. The van der Waals surface area contributed by atoms with Gasteiger partial charge in [-0.25, -0.2) is 0 Å². The Morgan fingerprint density at radius 2 is 1.00 bits per heavy atom. The molecule has 4 nitrogen and oxygen atoms in total. The first-order chi connectivity index (χ1) is 11.6. The second-order valence-electron chi connectivity index (χ2n) is 5.29. The summed E-state index contributed by atoms with van der Waals surface area (Å²) < 4.78 is 10.9. The summed E-state index contributed by atoms with van der Waals surface area (Å²) in [6, 6.07) is 15.7. The normalized spacial score (nSPS) is 12.2. The monoisotopic (exact) mass is 324 g/mol. The van der Waals surface area contributed by atoms with Gasteiger partial charge in [-0.15, -0.1) is 0 Å². The van der Waals surface area contributed by atoms with E-state index in [1.54, 1.807) is 0 Å². The molecule has 2 rings (SSSR count). The fourth-order valence-corrected chi connectivity index (χ4v) is 2.18. The number of hydrogen-bond acceptors (Lipinski definition) is 4. The zero-order valence-corrected chi connectivity index (χ0v) is 14.7. The predicted octanol–water partition coefficient (Wildman–Crippen LogP) is 4.72. The molecule has 0 aliphatic rings. The molecule has 0 saturated carbocycles. The molecule has 0 amide bonds. The van der Waals surface area contributed by atoms with Crippen LogP contribution in [-0.2, 0) is 0 Å². The average Bonchev–Trinajstić information content (AvgIpc) is 2.61. The van der Waals surface area contributed by atoms with E-state index in [0.29, 0.717) is 13.2 Å². The quantitative estimate of drug-likeness (QED) is 0.546. The lowest BCUT2D eigenvalue weighted by Gasteiger charge is -2.05. The summed E-state index contributed by atoms with van der Waals surface area (Å²) in [6.07, 6.45) is 0. The van der Waals surface area contributed by atoms with Crippen molar-refractivity contribution in [2.75, 3.05) is 13.2 Å². The van der Waals surface area contributed by atoms with Crippen LogP contribution in [0.25, 0.3) is 0 Å². The molecule has 0 heterocycles. The Kier molecular flexibility index (Phi) is 6.55. The van der Waals surface area contributed by atoms with Crippen LogP contribution in [0.5, 0.6) is 11.5 Å². The Labute approximate surface area is 143 Å². The maximum absolute atomic E-state index is 5.45. The number of rotatable bonds is 7. The molecule has 0 aliphatic carbocycles. The first-order valence-electron chi connectivity index (χ1n) is 8.19. The minimum absolute atomic E-state index is 0.665. The smallest absolute Gasteiger partial charge is 0.119 e. The van der Waals surface area contributed by atoms with Gasteiger partial charge in [0, 0.05) is 0 Å². The summed E-state index contributed by atoms with van der Waals surface area (Å²) in [6.45, 7) is 9.17. The molecule has 0 atom stereocenters. The molecule has 126 valence electrons. The van der Waals surface area contributed by atoms with Crippen molar-refractivity contribution in [3.63, 3.8) is 0 Å². The van der Waals surface area contributed by atoms with Gasteiger partial charge in [-0.05, 0) is 87.4 Å². The van der Waals surface area contributed by atoms with Crippen LogP contribution in [-0.4, -0.2) is 24.6 Å². The maximum atomic E-state index is 5.45. The van der Waals surface area contributed by atoms with Crippen molar-refractivity contribution in [3.05, 3.63) is 59.7 Å². The van der Waals surface area contributed by atoms with Crippen LogP contribution in [0, 0.1) is 0 Å². The Hall–Kier alpha value is -2.62. The molecule has 0 aromatic heterocycles. The number of nitrogens with zero attached hydrogens (tertiary/aromatic N) is 2. The Morgan fingerprint density at radius 1 is 0.667 bits per heavy atom. The summed E-state index contributed by atoms with van der Waals surface area (Å²) in [4.78, 5) is 0. The Bertz CT molecular complexity index is 638. The highest BCUT2D eigenvalue weighted by Gasteiger charge is 2.01. The van der Waals surface area contributed by atoms with Crippen LogP contribution in [0.3, 0.4) is 0 Å². The van der Waals surface area contributed by atoms with E-state index < -0.39 is 0 Å². The van der Waals surface area contributed by atoms with Crippen LogP contribution in [0.1, 0.15) is 38.8 Å². The van der Waals surface area contributed by atoms with Gasteiger partial charge in [0.25, 0.3) is 0 Å². The number of benzene rings is 2. The predicted molar refractivity (Wildman–Crippen MR) is 99.6 cm³/mol. The van der Waals surface area contributed by atoms with Gasteiger partial charge in [-0.2, -0.15) is 10.2 Å². The highest BCUT2D eigenvalue weighted by Crippen LogP contribution is 2.14. The molecule has 2 aromatic rings. The third-order valence-corrected chi connectivity index (χ3v) is 3.52. The number of ether oxygens (including phenoxy) is 2. The molecule has 0 aliphatic heterocycles. The van der Waals surface area contributed by atoms with Crippen LogP contribution >= 0.6 is 0 Å². The van der Waals surface area contributed by atoms with E-state index >= 15 is 0 Å². The van der Waals surface area contributed by atoms with E-state index in [9.17, 15) is 0 Å². The van der Waals surface area contributed by atoms with Crippen molar-refractivity contribution in [2.45, 2.75) is 27.7 Å². The highest BCUT2D eigenvalue weighted by molar-refractivity contribution is 6.01. The highest BCUT2D eigenvalue weighted by atomic mass is 16.5. The fourth-order valence-electron chi connectivity index (χ4n) is 2.18. The molecule has 0 spiro atoms. The zero-order chi connectivity index (χ0) is 17.4. The van der Waals surface area contributed by atoms with Gasteiger partial charge in [0.2, 0.25) is 0 Å².